The Morgan fingerprint density at radius 3 is 2.54 bits per heavy atom. The first-order valence-electron chi connectivity index (χ1n) is 10.4. The summed E-state index contributed by atoms with van der Waals surface area (Å²) in [6.07, 6.45) is 1.06. The van der Waals surface area contributed by atoms with Crippen LogP contribution in [-0.4, -0.2) is 69.9 Å². The van der Waals surface area contributed by atoms with Crippen LogP contribution in [0.15, 0.2) is 35.3 Å². The molecule has 0 aliphatic heterocycles. The molecule has 0 bridgehead atoms. The third kappa shape index (κ3) is 10.6. The third-order valence-corrected chi connectivity index (χ3v) is 4.56. The molecule has 0 saturated heterocycles. The second-order valence-corrected chi connectivity index (χ2v) is 7.93. The standard InChI is InChI=1S/C22H41N5O/c1-7-23-21(24-14-16-27(5)15-11-17-28-6)25-18-22(3,4)26-19(2)20-12-9-8-10-13-20/h8-10,12-13,19,26H,7,11,14-18H2,1-6H3,(H2,23,24,25). The lowest BCUT2D eigenvalue weighted by Crippen LogP contribution is -2.46. The van der Waals surface area contributed by atoms with Gasteiger partial charge in [-0.25, -0.2) is 0 Å². The molecule has 1 atom stereocenters. The molecule has 0 radical (unpaired) electrons. The van der Waals surface area contributed by atoms with Crippen molar-refractivity contribution in [2.24, 2.45) is 4.99 Å². The van der Waals surface area contributed by atoms with Crippen molar-refractivity contribution in [1.29, 1.82) is 0 Å². The van der Waals surface area contributed by atoms with Crippen molar-refractivity contribution in [3.8, 4) is 0 Å². The number of hydrogen-bond donors (Lipinski definition) is 3. The van der Waals surface area contributed by atoms with E-state index in [1.54, 1.807) is 7.11 Å². The molecule has 160 valence electrons. The van der Waals surface area contributed by atoms with Crippen LogP contribution in [0.2, 0.25) is 0 Å². The largest absolute Gasteiger partial charge is 0.385 e. The first-order valence-corrected chi connectivity index (χ1v) is 10.4. The Bertz CT molecular complexity index is 547. The summed E-state index contributed by atoms with van der Waals surface area (Å²) in [6, 6.07) is 10.8. The zero-order chi connectivity index (χ0) is 20.8. The molecule has 0 spiro atoms. The normalized spacial score (nSPS) is 13.6. The van der Waals surface area contributed by atoms with E-state index in [0.29, 0.717) is 6.54 Å². The van der Waals surface area contributed by atoms with Gasteiger partial charge in [0.05, 0.1) is 6.54 Å². The molecule has 0 fully saturated rings. The van der Waals surface area contributed by atoms with E-state index in [9.17, 15) is 0 Å². The monoisotopic (exact) mass is 391 g/mol. The lowest BCUT2D eigenvalue weighted by atomic mass is 10.0. The van der Waals surface area contributed by atoms with Crippen molar-refractivity contribution in [3.63, 3.8) is 0 Å². The van der Waals surface area contributed by atoms with Crippen LogP contribution in [0.1, 0.15) is 45.7 Å². The molecular formula is C22H41N5O. The number of guanidine groups is 1. The van der Waals surface area contributed by atoms with Crippen LogP contribution in [0.3, 0.4) is 0 Å². The summed E-state index contributed by atoms with van der Waals surface area (Å²) in [5.41, 5.74) is 1.19. The van der Waals surface area contributed by atoms with Crippen molar-refractivity contribution < 1.29 is 4.74 Å². The lowest BCUT2D eigenvalue weighted by Gasteiger charge is -2.29. The number of rotatable bonds is 13. The fourth-order valence-electron chi connectivity index (χ4n) is 3.03. The van der Waals surface area contributed by atoms with E-state index in [1.807, 2.05) is 0 Å². The number of methoxy groups -OCH3 is 1. The van der Waals surface area contributed by atoms with E-state index in [2.05, 4.69) is 85.9 Å². The number of aliphatic imine (C=N–C) groups is 1. The Kier molecular flexibility index (Phi) is 11.8. The maximum atomic E-state index is 5.11. The molecule has 0 heterocycles. The average Bonchev–Trinajstić information content (AvgIpc) is 2.66. The van der Waals surface area contributed by atoms with E-state index in [-0.39, 0.29) is 11.6 Å². The molecule has 1 aromatic carbocycles. The van der Waals surface area contributed by atoms with Crippen LogP contribution >= 0.6 is 0 Å². The van der Waals surface area contributed by atoms with Crippen molar-refractivity contribution in [3.05, 3.63) is 35.9 Å². The van der Waals surface area contributed by atoms with E-state index in [0.717, 1.165) is 45.2 Å². The van der Waals surface area contributed by atoms with Crippen molar-refractivity contribution in [2.75, 3.05) is 53.5 Å². The van der Waals surface area contributed by atoms with Gasteiger partial charge in [-0.15, -0.1) is 0 Å². The highest BCUT2D eigenvalue weighted by Crippen LogP contribution is 2.16. The van der Waals surface area contributed by atoms with Gasteiger partial charge in [0.1, 0.15) is 0 Å². The summed E-state index contributed by atoms with van der Waals surface area (Å²) in [4.78, 5) is 7.11. The summed E-state index contributed by atoms with van der Waals surface area (Å²) in [5.74, 6) is 0.870. The Labute approximate surface area is 172 Å². The average molecular weight is 392 g/mol. The fraction of sp³-hybridized carbons (Fsp3) is 0.682. The number of nitrogens with one attached hydrogen (secondary N) is 3. The van der Waals surface area contributed by atoms with Gasteiger partial charge < -0.3 is 25.6 Å². The molecule has 6 nitrogen and oxygen atoms in total. The third-order valence-electron chi connectivity index (χ3n) is 4.56. The molecule has 0 aliphatic rings. The Morgan fingerprint density at radius 1 is 1.18 bits per heavy atom. The van der Waals surface area contributed by atoms with E-state index >= 15 is 0 Å². The number of ether oxygens (including phenoxy) is 1. The fourth-order valence-corrected chi connectivity index (χ4v) is 3.03. The minimum atomic E-state index is -0.103. The zero-order valence-electron chi connectivity index (χ0n) is 18.7. The molecule has 0 aliphatic carbocycles. The second-order valence-electron chi connectivity index (χ2n) is 7.93. The molecule has 6 heteroatoms. The van der Waals surface area contributed by atoms with Crippen LogP contribution in [-0.2, 0) is 4.74 Å². The second kappa shape index (κ2) is 13.5. The van der Waals surface area contributed by atoms with Gasteiger partial charge in [0.2, 0.25) is 0 Å². The summed E-state index contributed by atoms with van der Waals surface area (Å²) in [6.45, 7) is 13.9. The SMILES string of the molecule is CCNC(=NCC(C)(C)NC(C)c1ccccc1)NCCN(C)CCCOC. The molecule has 0 aromatic heterocycles. The zero-order valence-corrected chi connectivity index (χ0v) is 18.7. The maximum Gasteiger partial charge on any atom is 0.191 e. The highest BCUT2D eigenvalue weighted by molar-refractivity contribution is 5.79. The predicted molar refractivity (Wildman–Crippen MR) is 120 cm³/mol. The minimum absolute atomic E-state index is 0.103. The van der Waals surface area contributed by atoms with Gasteiger partial charge >= 0.3 is 0 Å². The summed E-state index contributed by atoms with van der Waals surface area (Å²) >= 11 is 0. The Morgan fingerprint density at radius 2 is 1.89 bits per heavy atom. The first-order chi connectivity index (χ1) is 13.4. The summed E-state index contributed by atoms with van der Waals surface area (Å²) in [7, 11) is 3.89. The molecule has 1 rings (SSSR count). The van der Waals surface area contributed by atoms with Crippen LogP contribution < -0.4 is 16.0 Å². The van der Waals surface area contributed by atoms with Gasteiger partial charge in [-0.2, -0.15) is 0 Å². The van der Waals surface area contributed by atoms with Gasteiger partial charge in [-0.05, 0) is 46.7 Å². The van der Waals surface area contributed by atoms with E-state index < -0.39 is 0 Å². The smallest absolute Gasteiger partial charge is 0.191 e. The van der Waals surface area contributed by atoms with Gasteiger partial charge in [-0.3, -0.25) is 4.99 Å². The number of benzene rings is 1. The van der Waals surface area contributed by atoms with Crippen LogP contribution in [0.5, 0.6) is 0 Å². The molecule has 3 N–H and O–H groups in total. The van der Waals surface area contributed by atoms with Crippen LogP contribution in [0.4, 0.5) is 0 Å². The Hall–Kier alpha value is -1.63. The van der Waals surface area contributed by atoms with Gasteiger partial charge in [0.15, 0.2) is 5.96 Å². The highest BCUT2D eigenvalue weighted by atomic mass is 16.5. The van der Waals surface area contributed by atoms with E-state index in [1.165, 1.54) is 5.56 Å². The number of hydrogen-bond acceptors (Lipinski definition) is 4. The number of likely N-dealkylation sites (N-methyl/N-ethyl adjacent to an activating group) is 1. The summed E-state index contributed by atoms with van der Waals surface area (Å²) in [5, 5.41) is 10.5. The molecule has 1 unspecified atom stereocenters. The van der Waals surface area contributed by atoms with Crippen molar-refractivity contribution in [2.45, 2.75) is 45.7 Å². The molecule has 1 aromatic rings. The number of nitrogens with zero attached hydrogens (tertiary/aromatic N) is 2. The van der Waals surface area contributed by atoms with Crippen molar-refractivity contribution in [1.82, 2.24) is 20.9 Å². The molecule has 28 heavy (non-hydrogen) atoms. The van der Waals surface area contributed by atoms with Crippen LogP contribution in [0, 0.1) is 0 Å². The minimum Gasteiger partial charge on any atom is -0.385 e. The lowest BCUT2D eigenvalue weighted by molar-refractivity contribution is 0.180. The van der Waals surface area contributed by atoms with Crippen molar-refractivity contribution >= 4 is 5.96 Å². The van der Waals surface area contributed by atoms with E-state index in [4.69, 9.17) is 9.73 Å². The molecule has 0 saturated carbocycles. The first kappa shape index (κ1) is 24.4. The topological polar surface area (TPSA) is 60.9 Å². The summed E-state index contributed by atoms with van der Waals surface area (Å²) < 4.78 is 5.11. The maximum absolute atomic E-state index is 5.11. The quantitative estimate of drug-likeness (QED) is 0.274. The molecular weight excluding hydrogens is 350 g/mol. The van der Waals surface area contributed by atoms with Gasteiger partial charge in [0, 0.05) is 51.5 Å². The highest BCUT2D eigenvalue weighted by Gasteiger charge is 2.20. The predicted octanol–water partition coefficient (Wildman–Crippen LogP) is 2.64. The molecule has 0 amide bonds. The van der Waals surface area contributed by atoms with Gasteiger partial charge in [-0.1, -0.05) is 30.3 Å². The van der Waals surface area contributed by atoms with Gasteiger partial charge in [0.25, 0.3) is 0 Å². The van der Waals surface area contributed by atoms with Crippen LogP contribution in [0.25, 0.3) is 0 Å². The Balaban J connectivity index is 2.48.